The van der Waals surface area contributed by atoms with Gasteiger partial charge in [0.15, 0.2) is 0 Å². The number of hydrogen-bond acceptors (Lipinski definition) is 7. The number of piperidine rings is 1. The van der Waals surface area contributed by atoms with Crippen LogP contribution in [-0.2, 0) is 20.0 Å². The zero-order valence-corrected chi connectivity index (χ0v) is 28.6. The topological polar surface area (TPSA) is 143 Å². The van der Waals surface area contributed by atoms with Crippen molar-refractivity contribution in [2.75, 3.05) is 42.9 Å². The first-order valence-electron chi connectivity index (χ1n) is 17.1. The average Bonchev–Trinajstić information content (AvgIpc) is 3.55. The summed E-state index contributed by atoms with van der Waals surface area (Å²) in [5, 5.41) is 25.6. The molecule has 2 heterocycles. The fraction of sp³-hybridized carbons (Fsp3) is 0.395. The zero-order valence-electron chi connectivity index (χ0n) is 27.8. The maximum Gasteiger partial charge on any atom is 0.404 e. The third kappa shape index (κ3) is 7.11. The van der Waals surface area contributed by atoms with Crippen LogP contribution in [0.4, 0.5) is 20.6 Å². The molecule has 3 aliphatic rings. The molecule has 3 aromatic rings. The van der Waals surface area contributed by atoms with E-state index in [9.17, 15) is 32.8 Å². The van der Waals surface area contributed by atoms with Gasteiger partial charge in [0.25, 0.3) is 0 Å². The van der Waals surface area contributed by atoms with Gasteiger partial charge in [-0.05, 0) is 117 Å². The van der Waals surface area contributed by atoms with Crippen molar-refractivity contribution < 1.29 is 27.5 Å². The van der Waals surface area contributed by atoms with E-state index in [2.05, 4.69) is 33.1 Å². The highest BCUT2D eigenvalue weighted by Crippen LogP contribution is 2.50. The van der Waals surface area contributed by atoms with Crippen LogP contribution in [-0.4, -0.2) is 69.2 Å². The number of nitriles is 1. The maximum absolute atomic E-state index is 14.5. The van der Waals surface area contributed by atoms with Crippen molar-refractivity contribution in [2.45, 2.75) is 53.4 Å². The number of sulfone groups is 1. The van der Waals surface area contributed by atoms with Crippen LogP contribution in [0, 0.1) is 34.9 Å². The Bertz CT molecular complexity index is 1870. The normalized spacial score (nSPS) is 21.4. The van der Waals surface area contributed by atoms with Crippen molar-refractivity contribution >= 4 is 33.2 Å². The number of benzene rings is 3. The highest BCUT2D eigenvalue weighted by Gasteiger charge is 2.52. The Morgan fingerprint density at radius 1 is 1.00 bits per heavy atom. The number of anilines is 2. The van der Waals surface area contributed by atoms with Crippen LogP contribution >= 0.6 is 0 Å². The molecule has 10 nitrogen and oxygen atoms in total. The molecule has 2 aliphatic heterocycles. The van der Waals surface area contributed by atoms with Crippen LogP contribution in [0.15, 0.2) is 95.2 Å². The molecular weight excluding hydrogens is 658 g/mol. The Kier molecular flexibility index (Phi) is 10.3. The SMILES string of the molecule is C=CC(=O)Nc1ccc(S(=O)(=O)c2ccc(N3CC(CN4CCC([C@@](C#N)(c5cccc(F)c5)[C@H]5CCC[C@@H]5NC(=O)O)CC4)C3)cc2)cc1. The van der Waals surface area contributed by atoms with Crippen molar-refractivity contribution in [3.63, 3.8) is 0 Å². The van der Waals surface area contributed by atoms with Gasteiger partial charge in [0, 0.05) is 48.9 Å². The van der Waals surface area contributed by atoms with Gasteiger partial charge in [-0.1, -0.05) is 25.1 Å². The second kappa shape index (κ2) is 14.6. The lowest BCUT2D eigenvalue weighted by Gasteiger charge is -2.48. The monoisotopic (exact) mass is 699 g/mol. The molecule has 3 aromatic carbocycles. The summed E-state index contributed by atoms with van der Waals surface area (Å²) >= 11 is 0. The van der Waals surface area contributed by atoms with E-state index >= 15 is 0 Å². The van der Waals surface area contributed by atoms with E-state index < -0.39 is 27.2 Å². The average molecular weight is 700 g/mol. The van der Waals surface area contributed by atoms with Crippen LogP contribution in [0.3, 0.4) is 0 Å². The molecule has 50 heavy (non-hydrogen) atoms. The van der Waals surface area contributed by atoms with Crippen LogP contribution in [0.2, 0.25) is 0 Å². The Labute approximate surface area is 292 Å². The van der Waals surface area contributed by atoms with E-state index in [0.717, 1.165) is 63.7 Å². The Morgan fingerprint density at radius 2 is 1.66 bits per heavy atom. The number of likely N-dealkylation sites (tertiary alicyclic amines) is 1. The predicted molar refractivity (Wildman–Crippen MR) is 188 cm³/mol. The van der Waals surface area contributed by atoms with Gasteiger partial charge in [0.1, 0.15) is 5.82 Å². The quantitative estimate of drug-likeness (QED) is 0.212. The molecule has 1 aliphatic carbocycles. The van der Waals surface area contributed by atoms with Gasteiger partial charge >= 0.3 is 6.09 Å². The van der Waals surface area contributed by atoms with E-state index in [4.69, 9.17) is 0 Å². The molecule has 0 bridgehead atoms. The molecule has 6 rings (SSSR count). The number of rotatable bonds is 11. The summed E-state index contributed by atoms with van der Waals surface area (Å²) in [6.07, 6.45) is 3.76. The van der Waals surface area contributed by atoms with Crippen molar-refractivity contribution in [1.82, 2.24) is 10.2 Å². The lowest BCUT2D eigenvalue weighted by Crippen LogP contribution is -2.55. The van der Waals surface area contributed by atoms with Gasteiger partial charge in [-0.3, -0.25) is 4.79 Å². The molecule has 1 saturated carbocycles. The third-order valence-electron chi connectivity index (χ3n) is 10.7. The molecule has 12 heteroatoms. The molecule has 262 valence electrons. The minimum Gasteiger partial charge on any atom is -0.465 e. The minimum atomic E-state index is -3.73. The van der Waals surface area contributed by atoms with E-state index in [1.54, 1.807) is 30.3 Å². The first-order valence-corrected chi connectivity index (χ1v) is 18.5. The Hall–Kier alpha value is -4.73. The van der Waals surface area contributed by atoms with Crippen molar-refractivity contribution in [3.8, 4) is 6.07 Å². The molecule has 0 aromatic heterocycles. The summed E-state index contributed by atoms with van der Waals surface area (Å²) in [5.41, 5.74) is 1.09. The zero-order chi connectivity index (χ0) is 35.5. The first-order chi connectivity index (χ1) is 24.0. The summed E-state index contributed by atoms with van der Waals surface area (Å²) in [7, 11) is -3.73. The summed E-state index contributed by atoms with van der Waals surface area (Å²) in [4.78, 5) is 28.1. The highest BCUT2D eigenvalue weighted by atomic mass is 32.2. The number of carboxylic acid groups (broad SMARTS) is 1. The van der Waals surface area contributed by atoms with Gasteiger partial charge in [0.05, 0.1) is 21.3 Å². The molecule has 3 N–H and O–H groups in total. The number of amides is 2. The summed E-state index contributed by atoms with van der Waals surface area (Å²) in [6, 6.07) is 21.5. The number of carbonyl (C=O) groups excluding carboxylic acids is 1. The van der Waals surface area contributed by atoms with Crippen LogP contribution < -0.4 is 15.5 Å². The lowest BCUT2D eigenvalue weighted by atomic mass is 9.59. The molecule has 0 radical (unpaired) electrons. The van der Waals surface area contributed by atoms with Crippen LogP contribution in [0.25, 0.3) is 0 Å². The Balaban J connectivity index is 1.05. The van der Waals surface area contributed by atoms with Gasteiger partial charge in [-0.15, -0.1) is 0 Å². The first kappa shape index (κ1) is 35.1. The second-order valence-electron chi connectivity index (χ2n) is 13.6. The smallest absolute Gasteiger partial charge is 0.404 e. The predicted octanol–water partition coefficient (Wildman–Crippen LogP) is 5.83. The largest absolute Gasteiger partial charge is 0.465 e. The van der Waals surface area contributed by atoms with E-state index in [1.807, 2.05) is 18.2 Å². The number of carbonyl (C=O) groups is 2. The summed E-state index contributed by atoms with van der Waals surface area (Å²) in [5.74, 6) is -0.595. The van der Waals surface area contributed by atoms with Crippen molar-refractivity contribution in [1.29, 1.82) is 5.26 Å². The number of nitrogens with one attached hydrogen (secondary N) is 2. The molecule has 3 atom stereocenters. The molecule has 0 spiro atoms. The minimum absolute atomic E-state index is 0.0320. The van der Waals surface area contributed by atoms with E-state index in [0.29, 0.717) is 30.0 Å². The maximum atomic E-state index is 14.5. The van der Waals surface area contributed by atoms with Gasteiger partial charge in [-0.2, -0.15) is 5.26 Å². The molecule has 0 unspecified atom stereocenters. The fourth-order valence-corrected chi connectivity index (χ4v) is 9.55. The molecule has 3 fully saturated rings. The van der Waals surface area contributed by atoms with E-state index in [-0.39, 0.29) is 33.6 Å². The third-order valence-corrected chi connectivity index (χ3v) is 12.5. The molecule has 2 saturated heterocycles. The number of halogens is 1. The van der Waals surface area contributed by atoms with Crippen molar-refractivity contribution in [2.24, 2.45) is 17.8 Å². The van der Waals surface area contributed by atoms with Crippen molar-refractivity contribution in [3.05, 3.63) is 96.8 Å². The van der Waals surface area contributed by atoms with Gasteiger partial charge in [-0.25, -0.2) is 17.6 Å². The number of hydrogen-bond donors (Lipinski definition) is 3. The summed E-state index contributed by atoms with van der Waals surface area (Å²) < 4.78 is 40.9. The standard InChI is InChI=1S/C38H42FN5O5S/c1-2-36(45)41-30-9-13-32(14-10-30)50(48,49)33-15-11-31(12-16-33)44-23-26(24-44)22-43-19-17-27(18-20-43)38(25-40,28-5-3-6-29(39)21-28)34-7-4-8-35(34)42-37(46)47/h2-3,5-6,9-16,21,26-27,34-35,42H,1,4,7-8,17-20,22-24H2,(H,41,45)(H,46,47)/t34-,35-,38-/m0/s1. The van der Waals surface area contributed by atoms with Crippen LogP contribution in [0.5, 0.6) is 0 Å². The second-order valence-corrected chi connectivity index (χ2v) is 15.6. The Morgan fingerprint density at radius 3 is 2.26 bits per heavy atom. The molecular formula is C38H42FN5O5S. The lowest BCUT2D eigenvalue weighted by molar-refractivity contribution is -0.111. The summed E-state index contributed by atoms with van der Waals surface area (Å²) in [6.45, 7) is 7.62. The molecule has 2 amide bonds. The number of nitrogens with zero attached hydrogens (tertiary/aromatic N) is 3. The van der Waals surface area contributed by atoms with E-state index in [1.165, 1.54) is 24.3 Å². The van der Waals surface area contributed by atoms with Gasteiger partial charge in [0.2, 0.25) is 15.7 Å². The highest BCUT2D eigenvalue weighted by molar-refractivity contribution is 7.91. The van der Waals surface area contributed by atoms with Gasteiger partial charge < -0.3 is 25.5 Å². The van der Waals surface area contributed by atoms with Crippen LogP contribution in [0.1, 0.15) is 37.7 Å². The fourth-order valence-electron chi connectivity index (χ4n) is 8.29.